The highest BCUT2D eigenvalue weighted by Crippen LogP contribution is 2.51. The van der Waals surface area contributed by atoms with Gasteiger partial charge in [0.15, 0.2) is 0 Å². The zero-order chi connectivity index (χ0) is 9.47. The second-order valence-corrected chi connectivity index (χ2v) is 8.78. The maximum absolute atomic E-state index is 2.50. The molecule has 0 N–H and O–H groups in total. The molecule has 0 aromatic rings. The lowest BCUT2D eigenvalue weighted by atomic mass is 9.84. The molecule has 0 aromatic carbocycles. The summed E-state index contributed by atoms with van der Waals surface area (Å²) in [6.45, 7) is 7.21. The van der Waals surface area contributed by atoms with E-state index in [2.05, 4.69) is 39.0 Å². The monoisotopic (exact) mass is 192 g/mol. The molecule has 2 aliphatic rings. The van der Waals surface area contributed by atoms with Crippen LogP contribution in [0.2, 0.25) is 17.1 Å². The van der Waals surface area contributed by atoms with E-state index in [0.717, 1.165) is 5.92 Å². The van der Waals surface area contributed by atoms with Gasteiger partial charge in [0, 0.05) is 8.80 Å². The summed E-state index contributed by atoms with van der Waals surface area (Å²) in [6, 6.07) is 3.16. The second-order valence-electron chi connectivity index (χ2n) is 4.99. The van der Waals surface area contributed by atoms with Crippen molar-refractivity contribution in [2.24, 2.45) is 5.92 Å². The summed E-state index contributed by atoms with van der Waals surface area (Å²) >= 11 is 0. The molecule has 0 aromatic heterocycles. The van der Waals surface area contributed by atoms with Crippen molar-refractivity contribution in [3.05, 3.63) is 23.8 Å². The fourth-order valence-corrected chi connectivity index (χ4v) is 6.12. The Balaban J connectivity index is 2.22. The van der Waals surface area contributed by atoms with Crippen molar-refractivity contribution in [3.63, 3.8) is 0 Å². The Morgan fingerprint density at radius 1 is 1.46 bits per heavy atom. The van der Waals surface area contributed by atoms with E-state index in [4.69, 9.17) is 0 Å². The van der Waals surface area contributed by atoms with Gasteiger partial charge in [-0.25, -0.2) is 0 Å². The van der Waals surface area contributed by atoms with Crippen molar-refractivity contribution in [1.82, 2.24) is 0 Å². The molecule has 0 spiro atoms. The van der Waals surface area contributed by atoms with Crippen molar-refractivity contribution >= 4 is 8.80 Å². The summed E-state index contributed by atoms with van der Waals surface area (Å²) in [5.74, 6) is 0.800. The first-order valence-corrected chi connectivity index (χ1v) is 7.71. The molecule has 1 aliphatic carbocycles. The van der Waals surface area contributed by atoms with Crippen LogP contribution in [0.3, 0.4) is 0 Å². The SMILES string of the molecule is CC1=CC=CC(C)([SiH]2CCC2)C1C. The van der Waals surface area contributed by atoms with Crippen molar-refractivity contribution < 1.29 is 0 Å². The molecule has 2 atom stereocenters. The Kier molecular flexibility index (Phi) is 2.23. The minimum absolute atomic E-state index is 0.421. The predicted molar refractivity (Wildman–Crippen MR) is 61.8 cm³/mol. The lowest BCUT2D eigenvalue weighted by Gasteiger charge is -2.46. The standard InChI is InChI=1S/C12H20Si/c1-10-6-4-7-12(3,11(10)2)13-8-5-9-13/h4,6-7,11,13H,5,8-9H2,1-3H3. The van der Waals surface area contributed by atoms with E-state index < -0.39 is 8.80 Å². The number of rotatable bonds is 1. The Morgan fingerprint density at radius 2 is 2.15 bits per heavy atom. The highest BCUT2D eigenvalue weighted by Gasteiger charge is 2.42. The van der Waals surface area contributed by atoms with Gasteiger partial charge in [0.2, 0.25) is 0 Å². The molecule has 1 heterocycles. The van der Waals surface area contributed by atoms with Gasteiger partial charge >= 0.3 is 0 Å². The van der Waals surface area contributed by atoms with E-state index in [0.29, 0.717) is 5.04 Å². The van der Waals surface area contributed by atoms with Gasteiger partial charge in [-0.15, -0.1) is 0 Å². The Bertz CT molecular complexity index is 260. The quantitative estimate of drug-likeness (QED) is 0.558. The van der Waals surface area contributed by atoms with Crippen LogP contribution in [0, 0.1) is 5.92 Å². The van der Waals surface area contributed by atoms with E-state index in [9.17, 15) is 0 Å². The summed E-state index contributed by atoms with van der Waals surface area (Å²) in [4.78, 5) is 0. The third-order valence-electron chi connectivity index (χ3n) is 4.42. The maximum atomic E-state index is 2.50. The van der Waals surface area contributed by atoms with Crippen molar-refractivity contribution in [3.8, 4) is 0 Å². The van der Waals surface area contributed by atoms with Crippen LogP contribution in [0.5, 0.6) is 0 Å². The van der Waals surface area contributed by atoms with E-state index in [1.165, 1.54) is 6.42 Å². The summed E-state index contributed by atoms with van der Waals surface area (Å²) in [5, 5.41) is 0.594. The van der Waals surface area contributed by atoms with Crippen molar-refractivity contribution in [1.29, 1.82) is 0 Å². The minimum atomic E-state index is -0.421. The van der Waals surface area contributed by atoms with Gasteiger partial charge in [-0.2, -0.15) is 0 Å². The molecule has 2 unspecified atom stereocenters. The molecule has 2 rings (SSSR count). The van der Waals surface area contributed by atoms with Crippen LogP contribution in [-0.2, 0) is 0 Å². The fraction of sp³-hybridized carbons (Fsp3) is 0.667. The average molecular weight is 192 g/mol. The van der Waals surface area contributed by atoms with E-state index in [1.807, 2.05) is 0 Å². The molecule has 0 nitrogen and oxygen atoms in total. The van der Waals surface area contributed by atoms with Gasteiger partial charge in [0.25, 0.3) is 0 Å². The van der Waals surface area contributed by atoms with Crippen LogP contribution in [0.4, 0.5) is 0 Å². The zero-order valence-electron chi connectivity index (χ0n) is 9.01. The molecule has 13 heavy (non-hydrogen) atoms. The third-order valence-corrected chi connectivity index (χ3v) is 9.08. The van der Waals surface area contributed by atoms with Gasteiger partial charge in [-0.05, 0) is 17.9 Å². The van der Waals surface area contributed by atoms with Gasteiger partial charge in [0.1, 0.15) is 0 Å². The van der Waals surface area contributed by atoms with Gasteiger partial charge in [-0.3, -0.25) is 0 Å². The Morgan fingerprint density at radius 3 is 2.69 bits per heavy atom. The molecule has 0 amide bonds. The summed E-state index contributed by atoms with van der Waals surface area (Å²) in [5.41, 5.74) is 1.59. The highest BCUT2D eigenvalue weighted by atomic mass is 28.3. The average Bonchev–Trinajstić information content (AvgIpc) is 1.97. The Labute approximate surface area is 83.3 Å². The Hall–Kier alpha value is -0.303. The lowest BCUT2D eigenvalue weighted by Crippen LogP contribution is -2.40. The molecular formula is C12H20Si. The first-order valence-electron chi connectivity index (χ1n) is 5.50. The molecule has 1 saturated heterocycles. The van der Waals surface area contributed by atoms with E-state index in [1.54, 1.807) is 17.7 Å². The zero-order valence-corrected chi connectivity index (χ0v) is 10.2. The molecule has 1 heteroatoms. The van der Waals surface area contributed by atoms with Crippen LogP contribution in [0.25, 0.3) is 0 Å². The maximum Gasteiger partial charge on any atom is 0.0484 e. The van der Waals surface area contributed by atoms with Crippen molar-refractivity contribution in [2.75, 3.05) is 0 Å². The normalized spacial score (nSPS) is 39.9. The summed E-state index contributed by atoms with van der Waals surface area (Å²) < 4.78 is 0. The molecule has 0 saturated carbocycles. The predicted octanol–water partition coefficient (Wildman–Crippen LogP) is 3.53. The van der Waals surface area contributed by atoms with E-state index >= 15 is 0 Å². The largest absolute Gasteiger partial charge is 0.0810 e. The number of hydrogen-bond donors (Lipinski definition) is 0. The smallest absolute Gasteiger partial charge is 0.0484 e. The van der Waals surface area contributed by atoms with Gasteiger partial charge in [0.05, 0.1) is 0 Å². The topological polar surface area (TPSA) is 0 Å². The van der Waals surface area contributed by atoms with Crippen LogP contribution in [0.15, 0.2) is 23.8 Å². The first kappa shape index (κ1) is 9.26. The number of hydrogen-bond acceptors (Lipinski definition) is 0. The molecule has 72 valence electrons. The van der Waals surface area contributed by atoms with Gasteiger partial charge < -0.3 is 0 Å². The van der Waals surface area contributed by atoms with Crippen LogP contribution < -0.4 is 0 Å². The van der Waals surface area contributed by atoms with Crippen molar-refractivity contribution in [2.45, 2.75) is 44.3 Å². The highest BCUT2D eigenvalue weighted by molar-refractivity contribution is 6.65. The number of allylic oxidation sites excluding steroid dienone is 4. The summed E-state index contributed by atoms with van der Waals surface area (Å²) in [6.07, 6.45) is 8.59. The molecule has 1 aliphatic heterocycles. The first-order chi connectivity index (χ1) is 6.14. The molecule has 0 radical (unpaired) electrons. The third kappa shape index (κ3) is 1.34. The molecule has 0 bridgehead atoms. The van der Waals surface area contributed by atoms with Crippen LogP contribution in [-0.4, -0.2) is 8.80 Å². The summed E-state index contributed by atoms with van der Waals surface area (Å²) in [7, 11) is -0.421. The molecular weight excluding hydrogens is 172 g/mol. The fourth-order valence-electron chi connectivity index (χ4n) is 2.71. The second kappa shape index (κ2) is 3.12. The van der Waals surface area contributed by atoms with Crippen LogP contribution >= 0.6 is 0 Å². The van der Waals surface area contributed by atoms with Gasteiger partial charge in [-0.1, -0.05) is 56.2 Å². The van der Waals surface area contributed by atoms with Crippen LogP contribution in [0.1, 0.15) is 27.2 Å². The minimum Gasteiger partial charge on any atom is -0.0810 e. The lowest BCUT2D eigenvalue weighted by molar-refractivity contribution is 0.515. The van der Waals surface area contributed by atoms with E-state index in [-0.39, 0.29) is 0 Å². The molecule has 1 fully saturated rings.